The fourth-order valence-corrected chi connectivity index (χ4v) is 3.38. The fourth-order valence-electron chi connectivity index (χ4n) is 2.36. The minimum absolute atomic E-state index is 0.106. The topological polar surface area (TPSA) is 45.6 Å². The molecule has 0 bridgehead atoms. The molecule has 1 aromatic heterocycles. The van der Waals surface area contributed by atoms with Crippen molar-refractivity contribution in [2.75, 3.05) is 26.7 Å². The molecular weight excluding hydrogens is 260 g/mol. The molecule has 1 saturated heterocycles. The van der Waals surface area contributed by atoms with Gasteiger partial charge in [0.05, 0.1) is 34.0 Å². The van der Waals surface area contributed by atoms with Crippen LogP contribution in [0.4, 0.5) is 0 Å². The lowest BCUT2D eigenvalue weighted by Crippen LogP contribution is -2.46. The van der Waals surface area contributed by atoms with Crippen LogP contribution < -0.4 is 0 Å². The molecule has 19 heavy (non-hydrogen) atoms. The average molecular weight is 278 g/mol. The normalized spacial score (nSPS) is 22.7. The van der Waals surface area contributed by atoms with E-state index in [0.29, 0.717) is 13.0 Å². The van der Waals surface area contributed by atoms with Crippen molar-refractivity contribution >= 4 is 21.6 Å². The van der Waals surface area contributed by atoms with Gasteiger partial charge in [0.15, 0.2) is 0 Å². The lowest BCUT2D eigenvalue weighted by Gasteiger charge is -2.32. The Morgan fingerprint density at radius 1 is 1.53 bits per heavy atom. The number of aromatic nitrogens is 1. The zero-order valence-electron chi connectivity index (χ0n) is 11.0. The Balaban J connectivity index is 1.69. The van der Waals surface area contributed by atoms with Crippen LogP contribution in [0.1, 0.15) is 5.01 Å². The molecule has 2 atom stereocenters. The van der Waals surface area contributed by atoms with Crippen LogP contribution in [0.25, 0.3) is 10.2 Å². The van der Waals surface area contributed by atoms with E-state index in [4.69, 9.17) is 4.74 Å². The summed E-state index contributed by atoms with van der Waals surface area (Å²) in [5.74, 6) is 0. The Bertz CT molecular complexity index is 524. The van der Waals surface area contributed by atoms with Gasteiger partial charge in [-0.15, -0.1) is 11.3 Å². The Labute approximate surface area is 116 Å². The third-order valence-corrected chi connectivity index (χ3v) is 4.51. The number of ether oxygens (including phenoxy) is 1. The van der Waals surface area contributed by atoms with Crippen LogP contribution in [0.3, 0.4) is 0 Å². The van der Waals surface area contributed by atoms with Crippen LogP contribution in [0.2, 0.25) is 0 Å². The molecule has 0 saturated carbocycles. The van der Waals surface area contributed by atoms with E-state index in [2.05, 4.69) is 23.0 Å². The number of benzene rings is 1. The van der Waals surface area contributed by atoms with Gasteiger partial charge in [-0.05, 0) is 19.2 Å². The van der Waals surface area contributed by atoms with Crippen LogP contribution in [-0.2, 0) is 11.2 Å². The van der Waals surface area contributed by atoms with Crippen molar-refractivity contribution in [2.24, 2.45) is 0 Å². The Morgan fingerprint density at radius 2 is 2.37 bits per heavy atom. The van der Waals surface area contributed by atoms with Crippen LogP contribution in [-0.4, -0.2) is 53.9 Å². The van der Waals surface area contributed by atoms with Gasteiger partial charge in [0.1, 0.15) is 0 Å². The first-order valence-electron chi connectivity index (χ1n) is 6.55. The highest BCUT2D eigenvalue weighted by molar-refractivity contribution is 7.18. The third kappa shape index (κ3) is 2.95. The number of rotatable bonds is 3. The SMILES string of the molecule is CN1CCOC(C(O)Cc2nc3ccccc3s2)C1. The van der Waals surface area contributed by atoms with E-state index < -0.39 is 6.10 Å². The second-order valence-electron chi connectivity index (χ2n) is 5.02. The highest BCUT2D eigenvalue weighted by Gasteiger charge is 2.26. The number of morpholine rings is 1. The predicted octanol–water partition coefficient (Wildman–Crippen LogP) is 1.53. The van der Waals surface area contributed by atoms with Gasteiger partial charge in [0.25, 0.3) is 0 Å². The van der Waals surface area contributed by atoms with Gasteiger partial charge < -0.3 is 14.7 Å². The summed E-state index contributed by atoms with van der Waals surface area (Å²) >= 11 is 1.65. The number of nitrogens with zero attached hydrogens (tertiary/aromatic N) is 2. The van der Waals surface area contributed by atoms with Gasteiger partial charge in [-0.3, -0.25) is 0 Å². The minimum atomic E-state index is -0.483. The van der Waals surface area contributed by atoms with Gasteiger partial charge in [-0.1, -0.05) is 12.1 Å². The molecule has 102 valence electrons. The maximum atomic E-state index is 10.3. The van der Waals surface area contributed by atoms with Crippen LogP contribution in [0, 0.1) is 0 Å². The number of fused-ring (bicyclic) bond motifs is 1. The van der Waals surface area contributed by atoms with Crippen molar-refractivity contribution < 1.29 is 9.84 Å². The number of hydrogen-bond acceptors (Lipinski definition) is 5. The molecule has 2 heterocycles. The summed E-state index contributed by atoms with van der Waals surface area (Å²) in [5.41, 5.74) is 1.01. The molecule has 5 heteroatoms. The second-order valence-corrected chi connectivity index (χ2v) is 6.13. The van der Waals surface area contributed by atoms with E-state index in [1.165, 1.54) is 4.70 Å². The molecule has 2 aromatic rings. The van der Waals surface area contributed by atoms with Gasteiger partial charge in [-0.2, -0.15) is 0 Å². The van der Waals surface area contributed by atoms with Crippen LogP contribution in [0.5, 0.6) is 0 Å². The van der Waals surface area contributed by atoms with Crippen molar-refractivity contribution in [2.45, 2.75) is 18.6 Å². The molecule has 0 amide bonds. The Morgan fingerprint density at radius 3 is 3.16 bits per heavy atom. The summed E-state index contributed by atoms with van der Waals surface area (Å²) in [5, 5.41) is 11.3. The summed E-state index contributed by atoms with van der Waals surface area (Å²) in [6.07, 6.45) is -0.0215. The highest BCUT2D eigenvalue weighted by atomic mass is 32.1. The van der Waals surface area contributed by atoms with Gasteiger partial charge in [0, 0.05) is 19.5 Å². The second kappa shape index (κ2) is 5.54. The van der Waals surface area contributed by atoms with Crippen molar-refractivity contribution in [3.63, 3.8) is 0 Å². The van der Waals surface area contributed by atoms with Crippen LogP contribution in [0.15, 0.2) is 24.3 Å². The zero-order valence-corrected chi connectivity index (χ0v) is 11.8. The molecule has 1 aromatic carbocycles. The van der Waals surface area contributed by atoms with Gasteiger partial charge in [0.2, 0.25) is 0 Å². The number of thiazole rings is 1. The van der Waals surface area contributed by atoms with E-state index in [1.54, 1.807) is 11.3 Å². The number of likely N-dealkylation sites (N-methyl/N-ethyl adjacent to an activating group) is 1. The van der Waals surface area contributed by atoms with Gasteiger partial charge in [-0.25, -0.2) is 4.98 Å². The Kier molecular flexibility index (Phi) is 3.79. The molecular formula is C14H18N2O2S. The van der Waals surface area contributed by atoms with Crippen molar-refractivity contribution in [3.8, 4) is 0 Å². The molecule has 4 nitrogen and oxygen atoms in total. The summed E-state index contributed by atoms with van der Waals surface area (Å²) in [6.45, 7) is 2.41. The number of aliphatic hydroxyl groups is 1. The summed E-state index contributed by atoms with van der Waals surface area (Å²) < 4.78 is 6.81. The molecule has 0 aliphatic carbocycles. The predicted molar refractivity (Wildman–Crippen MR) is 76.6 cm³/mol. The van der Waals surface area contributed by atoms with E-state index in [-0.39, 0.29) is 6.10 Å². The monoisotopic (exact) mass is 278 g/mol. The molecule has 0 radical (unpaired) electrons. The van der Waals surface area contributed by atoms with Crippen LogP contribution >= 0.6 is 11.3 Å². The molecule has 3 rings (SSSR count). The van der Waals surface area contributed by atoms with Crippen molar-refractivity contribution in [1.29, 1.82) is 0 Å². The summed E-state index contributed by atoms with van der Waals surface area (Å²) in [4.78, 5) is 6.75. The first-order valence-corrected chi connectivity index (χ1v) is 7.36. The molecule has 1 aliphatic heterocycles. The van der Waals surface area contributed by atoms with E-state index in [1.807, 2.05) is 18.2 Å². The molecule has 1 aliphatic rings. The summed E-state index contributed by atoms with van der Waals surface area (Å²) in [6, 6.07) is 8.07. The van der Waals surface area contributed by atoms with E-state index >= 15 is 0 Å². The maximum absolute atomic E-state index is 10.3. The molecule has 0 spiro atoms. The molecule has 1 N–H and O–H groups in total. The number of hydrogen-bond donors (Lipinski definition) is 1. The quantitative estimate of drug-likeness (QED) is 0.925. The summed E-state index contributed by atoms with van der Waals surface area (Å²) in [7, 11) is 2.06. The number of aliphatic hydroxyl groups excluding tert-OH is 1. The molecule has 1 fully saturated rings. The van der Waals surface area contributed by atoms with Crippen molar-refractivity contribution in [3.05, 3.63) is 29.3 Å². The average Bonchev–Trinajstić information content (AvgIpc) is 2.80. The Hall–Kier alpha value is -1.01. The first-order chi connectivity index (χ1) is 9.22. The largest absolute Gasteiger partial charge is 0.390 e. The lowest BCUT2D eigenvalue weighted by molar-refractivity contribution is -0.0823. The fraction of sp³-hybridized carbons (Fsp3) is 0.500. The van der Waals surface area contributed by atoms with E-state index in [9.17, 15) is 5.11 Å². The number of para-hydroxylation sites is 1. The standard InChI is InChI=1S/C14H18N2O2S/c1-16-6-7-18-12(9-16)11(17)8-14-15-10-4-2-3-5-13(10)19-14/h2-5,11-12,17H,6-9H2,1H3. The zero-order chi connectivity index (χ0) is 13.2. The minimum Gasteiger partial charge on any atom is -0.390 e. The first kappa shape index (κ1) is 13.0. The third-order valence-electron chi connectivity index (χ3n) is 3.45. The molecule has 2 unspecified atom stereocenters. The highest BCUT2D eigenvalue weighted by Crippen LogP contribution is 2.23. The smallest absolute Gasteiger partial charge is 0.0965 e. The van der Waals surface area contributed by atoms with E-state index in [0.717, 1.165) is 23.6 Å². The lowest BCUT2D eigenvalue weighted by atomic mass is 10.1. The maximum Gasteiger partial charge on any atom is 0.0965 e. The van der Waals surface area contributed by atoms with Crippen molar-refractivity contribution in [1.82, 2.24) is 9.88 Å². The van der Waals surface area contributed by atoms with Gasteiger partial charge >= 0.3 is 0 Å².